The van der Waals surface area contributed by atoms with E-state index in [2.05, 4.69) is 10.6 Å². The van der Waals surface area contributed by atoms with Crippen LogP contribution in [0, 0.1) is 25.2 Å². The third-order valence-electron chi connectivity index (χ3n) is 4.87. The second kappa shape index (κ2) is 11.7. The van der Waals surface area contributed by atoms with Gasteiger partial charge in [0.25, 0.3) is 5.91 Å². The molecule has 8 heteroatoms. The molecule has 2 N–H and O–H groups in total. The number of amides is 2. The van der Waals surface area contributed by atoms with Crippen LogP contribution in [0.4, 0.5) is 11.4 Å². The number of thioether (sulfide) groups is 1. The molecule has 2 amide bonds. The number of hydrogen-bond donors (Lipinski definition) is 2. The van der Waals surface area contributed by atoms with E-state index in [0.29, 0.717) is 21.8 Å². The molecular weight excluding hydrogens is 450 g/mol. The van der Waals surface area contributed by atoms with Gasteiger partial charge in [-0.1, -0.05) is 24.3 Å². The van der Waals surface area contributed by atoms with Gasteiger partial charge in [0.1, 0.15) is 0 Å². The maximum atomic E-state index is 12.6. The minimum absolute atomic E-state index is 0.0499. The molecule has 0 bridgehead atoms. The molecule has 0 atom stereocenters. The van der Waals surface area contributed by atoms with Gasteiger partial charge in [-0.15, -0.1) is 11.8 Å². The molecule has 0 aliphatic rings. The summed E-state index contributed by atoms with van der Waals surface area (Å²) < 4.78 is 5.19. The Morgan fingerprint density at radius 1 is 0.882 bits per heavy atom. The molecule has 0 unspecified atom stereocenters. The van der Waals surface area contributed by atoms with E-state index < -0.39 is 18.5 Å². The summed E-state index contributed by atoms with van der Waals surface area (Å²) in [6.45, 7) is 3.50. The second-order valence-corrected chi connectivity index (χ2v) is 8.47. The lowest BCUT2D eigenvalue weighted by Gasteiger charge is -2.11. The quantitative estimate of drug-likeness (QED) is 0.363. The number of esters is 1. The molecule has 0 heterocycles. The number of aryl methyl sites for hydroxylation is 2. The monoisotopic (exact) mass is 473 g/mol. The molecule has 3 rings (SSSR count). The van der Waals surface area contributed by atoms with E-state index in [9.17, 15) is 14.4 Å². The molecule has 0 aliphatic heterocycles. The number of rotatable bonds is 8. The lowest BCUT2D eigenvalue weighted by atomic mass is 10.1. The Labute approximate surface area is 202 Å². The zero-order valence-electron chi connectivity index (χ0n) is 18.8. The van der Waals surface area contributed by atoms with Gasteiger partial charge in [-0.05, 0) is 67.4 Å². The predicted molar refractivity (Wildman–Crippen MR) is 132 cm³/mol. The lowest BCUT2D eigenvalue weighted by Crippen LogP contribution is -2.21. The van der Waals surface area contributed by atoms with Crippen molar-refractivity contribution in [2.75, 3.05) is 23.0 Å². The molecular formula is C26H23N3O4S. The topological polar surface area (TPSA) is 108 Å². The number of benzene rings is 3. The van der Waals surface area contributed by atoms with Gasteiger partial charge in [-0.25, -0.2) is 4.79 Å². The molecule has 0 fully saturated rings. The van der Waals surface area contributed by atoms with Gasteiger partial charge in [0, 0.05) is 16.3 Å². The van der Waals surface area contributed by atoms with Gasteiger partial charge >= 0.3 is 5.97 Å². The third-order valence-corrected chi connectivity index (χ3v) is 5.94. The first-order valence-electron chi connectivity index (χ1n) is 10.4. The molecule has 3 aromatic carbocycles. The first-order chi connectivity index (χ1) is 16.4. The van der Waals surface area contributed by atoms with E-state index in [1.165, 1.54) is 11.8 Å². The Kier molecular flexibility index (Phi) is 8.43. The molecule has 7 nitrogen and oxygen atoms in total. The minimum atomic E-state index is -0.652. The normalized spacial score (nSPS) is 10.1. The number of ether oxygens (including phenoxy) is 1. The van der Waals surface area contributed by atoms with Crippen molar-refractivity contribution < 1.29 is 19.1 Å². The first-order valence-corrected chi connectivity index (χ1v) is 11.4. The van der Waals surface area contributed by atoms with E-state index in [-0.39, 0.29) is 17.2 Å². The molecule has 0 spiro atoms. The van der Waals surface area contributed by atoms with Gasteiger partial charge in [0.2, 0.25) is 5.91 Å². The molecule has 34 heavy (non-hydrogen) atoms. The van der Waals surface area contributed by atoms with Crippen molar-refractivity contribution in [1.82, 2.24) is 0 Å². The number of carbonyl (C=O) groups is 3. The molecule has 0 aromatic heterocycles. The summed E-state index contributed by atoms with van der Waals surface area (Å²) in [5.74, 6) is -1.33. The summed E-state index contributed by atoms with van der Waals surface area (Å²) >= 11 is 1.17. The van der Waals surface area contributed by atoms with Crippen molar-refractivity contribution >= 4 is 40.9 Å². The van der Waals surface area contributed by atoms with Gasteiger partial charge in [0.15, 0.2) is 6.61 Å². The Hall–Kier alpha value is -4.09. The van der Waals surface area contributed by atoms with Crippen LogP contribution >= 0.6 is 11.8 Å². The van der Waals surface area contributed by atoms with Gasteiger partial charge in [-0.3, -0.25) is 9.59 Å². The Bertz CT molecular complexity index is 1270. The van der Waals surface area contributed by atoms with Crippen molar-refractivity contribution in [3.63, 3.8) is 0 Å². The van der Waals surface area contributed by atoms with Crippen molar-refractivity contribution in [1.29, 1.82) is 5.26 Å². The number of anilines is 2. The van der Waals surface area contributed by atoms with E-state index >= 15 is 0 Å². The Balaban J connectivity index is 1.54. The van der Waals surface area contributed by atoms with Crippen LogP contribution in [-0.2, 0) is 14.3 Å². The standard InChI is InChI=1S/C26H23N3O4S/c1-17-10-11-21(12-18(17)2)28-24(30)15-33-26(32)22-8-3-4-9-23(22)34-16-25(31)29-20-7-5-6-19(13-20)14-27/h3-13H,15-16H2,1-2H3,(H,28,30)(H,29,31). The van der Waals surface area contributed by atoms with E-state index in [1.807, 2.05) is 32.0 Å². The number of carbonyl (C=O) groups excluding carboxylic acids is 3. The average molecular weight is 474 g/mol. The summed E-state index contributed by atoms with van der Waals surface area (Å²) in [6.07, 6.45) is 0. The van der Waals surface area contributed by atoms with Crippen LogP contribution in [0.25, 0.3) is 0 Å². The predicted octanol–water partition coefficient (Wildman–Crippen LogP) is 4.70. The number of nitriles is 1. The van der Waals surface area contributed by atoms with Crippen LogP contribution in [0.3, 0.4) is 0 Å². The van der Waals surface area contributed by atoms with Crippen LogP contribution in [0.15, 0.2) is 71.6 Å². The van der Waals surface area contributed by atoms with Crippen LogP contribution < -0.4 is 10.6 Å². The largest absolute Gasteiger partial charge is 0.452 e. The fourth-order valence-electron chi connectivity index (χ4n) is 2.99. The maximum Gasteiger partial charge on any atom is 0.339 e. The Morgan fingerprint density at radius 3 is 2.38 bits per heavy atom. The molecule has 0 saturated carbocycles. The zero-order valence-corrected chi connectivity index (χ0v) is 19.6. The summed E-state index contributed by atoms with van der Waals surface area (Å²) in [4.78, 5) is 37.7. The minimum Gasteiger partial charge on any atom is -0.452 e. The zero-order chi connectivity index (χ0) is 24.5. The van der Waals surface area contributed by atoms with Gasteiger partial charge in [-0.2, -0.15) is 5.26 Å². The van der Waals surface area contributed by atoms with Crippen molar-refractivity contribution in [3.05, 3.63) is 89.0 Å². The van der Waals surface area contributed by atoms with Crippen LogP contribution in [0.1, 0.15) is 27.0 Å². The fourth-order valence-corrected chi connectivity index (χ4v) is 3.83. The van der Waals surface area contributed by atoms with Crippen molar-refractivity contribution in [3.8, 4) is 6.07 Å². The molecule has 0 radical (unpaired) electrons. The number of nitrogens with one attached hydrogen (secondary N) is 2. The van der Waals surface area contributed by atoms with Crippen LogP contribution in [-0.4, -0.2) is 30.1 Å². The van der Waals surface area contributed by atoms with E-state index in [1.54, 1.807) is 54.6 Å². The molecule has 3 aromatic rings. The van der Waals surface area contributed by atoms with Crippen LogP contribution in [0.2, 0.25) is 0 Å². The highest BCUT2D eigenvalue weighted by atomic mass is 32.2. The molecule has 0 aliphatic carbocycles. The van der Waals surface area contributed by atoms with E-state index in [0.717, 1.165) is 11.1 Å². The summed E-state index contributed by atoms with van der Waals surface area (Å²) in [6, 6.07) is 20.9. The molecule has 172 valence electrons. The smallest absolute Gasteiger partial charge is 0.339 e. The highest BCUT2D eigenvalue weighted by Gasteiger charge is 2.16. The van der Waals surface area contributed by atoms with E-state index in [4.69, 9.17) is 10.00 Å². The fraction of sp³-hybridized carbons (Fsp3) is 0.154. The summed E-state index contributed by atoms with van der Waals surface area (Å²) in [5.41, 5.74) is 4.02. The number of hydrogen-bond acceptors (Lipinski definition) is 6. The highest BCUT2D eigenvalue weighted by molar-refractivity contribution is 8.00. The van der Waals surface area contributed by atoms with Crippen molar-refractivity contribution in [2.45, 2.75) is 18.7 Å². The van der Waals surface area contributed by atoms with Crippen LogP contribution in [0.5, 0.6) is 0 Å². The summed E-state index contributed by atoms with van der Waals surface area (Å²) in [7, 11) is 0. The molecule has 0 saturated heterocycles. The van der Waals surface area contributed by atoms with Crippen molar-refractivity contribution in [2.24, 2.45) is 0 Å². The average Bonchev–Trinajstić information content (AvgIpc) is 2.84. The highest BCUT2D eigenvalue weighted by Crippen LogP contribution is 2.24. The first kappa shape index (κ1) is 24.6. The maximum absolute atomic E-state index is 12.6. The third kappa shape index (κ3) is 6.95. The SMILES string of the molecule is Cc1ccc(NC(=O)COC(=O)c2ccccc2SCC(=O)Nc2cccc(C#N)c2)cc1C. The van der Waals surface area contributed by atoms with Gasteiger partial charge in [0.05, 0.1) is 22.9 Å². The second-order valence-electron chi connectivity index (χ2n) is 7.45. The lowest BCUT2D eigenvalue weighted by molar-refractivity contribution is -0.119. The van der Waals surface area contributed by atoms with Gasteiger partial charge < -0.3 is 15.4 Å². The number of nitrogens with zero attached hydrogens (tertiary/aromatic N) is 1. The Morgan fingerprint density at radius 2 is 1.62 bits per heavy atom. The summed E-state index contributed by atoms with van der Waals surface area (Å²) in [5, 5.41) is 14.4.